The van der Waals surface area contributed by atoms with Crippen LogP contribution in [0.1, 0.15) is 0 Å². The van der Waals surface area contributed by atoms with Gasteiger partial charge in [0.15, 0.2) is 5.13 Å². The molecule has 1 saturated heterocycles. The number of ether oxygens (including phenoxy) is 1. The van der Waals surface area contributed by atoms with Crippen LogP contribution >= 0.6 is 11.3 Å². The molecule has 1 aliphatic heterocycles. The molecular weight excluding hydrogens is 412 g/mol. The molecule has 0 unspecified atom stereocenters. The van der Waals surface area contributed by atoms with Crippen LogP contribution in [0.5, 0.6) is 0 Å². The zero-order valence-corrected chi connectivity index (χ0v) is 17.8. The maximum atomic E-state index is 12.6. The number of nitrogens with zero attached hydrogens (tertiary/aromatic N) is 3. The Kier molecular flexibility index (Phi) is 5.27. The maximum Gasteiger partial charge on any atom is 0.259 e. The zero-order chi connectivity index (χ0) is 21.2. The number of anilines is 4. The summed E-state index contributed by atoms with van der Waals surface area (Å²) in [6.07, 6.45) is 1.65. The molecule has 4 aromatic rings. The second-order valence-electron chi connectivity index (χ2n) is 7.19. The van der Waals surface area contributed by atoms with Gasteiger partial charge in [0, 0.05) is 43.1 Å². The molecule has 0 saturated carbocycles. The Morgan fingerprint density at radius 2 is 1.90 bits per heavy atom. The van der Waals surface area contributed by atoms with Crippen LogP contribution in [0.4, 0.5) is 22.3 Å². The number of fused-ring (bicyclic) bond motifs is 1. The van der Waals surface area contributed by atoms with Crippen molar-refractivity contribution >= 4 is 44.4 Å². The molecule has 3 N–H and O–H groups in total. The van der Waals surface area contributed by atoms with Gasteiger partial charge in [-0.05, 0) is 41.8 Å². The Labute approximate surface area is 182 Å². The molecule has 0 amide bonds. The third-order valence-corrected chi connectivity index (χ3v) is 6.10. The van der Waals surface area contributed by atoms with Crippen LogP contribution < -0.4 is 21.1 Å². The quantitative estimate of drug-likeness (QED) is 0.441. The molecule has 1 aliphatic rings. The number of H-pyrrole nitrogens is 1. The molecule has 0 spiro atoms. The first-order valence-corrected chi connectivity index (χ1v) is 10.9. The first-order valence-electron chi connectivity index (χ1n) is 10.1. The van der Waals surface area contributed by atoms with Crippen LogP contribution in [0.2, 0.25) is 0 Å². The van der Waals surface area contributed by atoms with Gasteiger partial charge in [0.25, 0.3) is 5.56 Å². The highest BCUT2D eigenvalue weighted by atomic mass is 32.1. The van der Waals surface area contributed by atoms with Gasteiger partial charge >= 0.3 is 0 Å². The average molecular weight is 435 g/mol. The first-order chi connectivity index (χ1) is 15.2. The van der Waals surface area contributed by atoms with Crippen LogP contribution in [-0.4, -0.2) is 48.3 Å². The molecule has 1 fully saturated rings. The number of nitrogens with one attached hydrogen (secondary N) is 3. The first kappa shape index (κ1) is 19.5. The predicted molar refractivity (Wildman–Crippen MR) is 126 cm³/mol. The summed E-state index contributed by atoms with van der Waals surface area (Å²) in [5, 5.41) is 10.5. The van der Waals surface area contributed by atoms with Crippen LogP contribution in [0.3, 0.4) is 0 Å². The molecule has 0 radical (unpaired) electrons. The largest absolute Gasteiger partial charge is 0.378 e. The van der Waals surface area contributed by atoms with E-state index in [-0.39, 0.29) is 5.56 Å². The number of hydrogen-bond donors (Lipinski definition) is 3. The van der Waals surface area contributed by atoms with Crippen LogP contribution in [0.15, 0.2) is 52.8 Å². The molecule has 3 aromatic heterocycles. The standard InChI is InChI=1S/C22H22N6O2S/c1-23-22-27-18(13-31-22)17-12-14-6-7-24-21(29)19(14)20(26-17)25-15-2-4-16(5-3-15)28-8-10-30-11-9-28/h2-7,12-13H,8-11H2,1H3,(H,23,27)(H,24,29)(H,25,26). The lowest BCUT2D eigenvalue weighted by Crippen LogP contribution is -2.36. The van der Waals surface area contributed by atoms with Gasteiger partial charge in [-0.1, -0.05) is 0 Å². The van der Waals surface area contributed by atoms with Crippen molar-refractivity contribution in [1.82, 2.24) is 15.0 Å². The summed E-state index contributed by atoms with van der Waals surface area (Å²) in [5.74, 6) is 0.507. The molecule has 5 rings (SSSR count). The Morgan fingerprint density at radius 3 is 2.65 bits per heavy atom. The number of pyridine rings is 2. The normalized spacial score (nSPS) is 14.0. The summed E-state index contributed by atoms with van der Waals surface area (Å²) in [4.78, 5) is 26.9. The van der Waals surface area contributed by atoms with Crippen molar-refractivity contribution in [1.29, 1.82) is 0 Å². The minimum absolute atomic E-state index is 0.182. The highest BCUT2D eigenvalue weighted by Crippen LogP contribution is 2.30. The lowest BCUT2D eigenvalue weighted by Gasteiger charge is -2.28. The monoisotopic (exact) mass is 434 g/mol. The lowest BCUT2D eigenvalue weighted by atomic mass is 10.1. The van der Waals surface area contributed by atoms with Gasteiger partial charge in [-0.2, -0.15) is 0 Å². The number of rotatable bonds is 5. The van der Waals surface area contributed by atoms with E-state index in [2.05, 4.69) is 37.6 Å². The molecule has 0 bridgehead atoms. The van der Waals surface area contributed by atoms with Crippen molar-refractivity contribution in [3.63, 3.8) is 0 Å². The third-order valence-electron chi connectivity index (χ3n) is 5.24. The average Bonchev–Trinajstić information content (AvgIpc) is 3.30. The van der Waals surface area contributed by atoms with Crippen molar-refractivity contribution in [2.45, 2.75) is 0 Å². The smallest absolute Gasteiger partial charge is 0.259 e. The van der Waals surface area contributed by atoms with Gasteiger partial charge in [0.1, 0.15) is 11.5 Å². The predicted octanol–water partition coefficient (Wildman–Crippen LogP) is 3.67. The van der Waals surface area contributed by atoms with E-state index in [9.17, 15) is 4.79 Å². The molecule has 0 aliphatic carbocycles. The van der Waals surface area contributed by atoms with E-state index in [4.69, 9.17) is 9.72 Å². The summed E-state index contributed by atoms with van der Waals surface area (Å²) < 4.78 is 5.43. The van der Waals surface area contributed by atoms with Gasteiger partial charge in [-0.15, -0.1) is 11.3 Å². The van der Waals surface area contributed by atoms with Gasteiger partial charge in [0.05, 0.1) is 24.3 Å². The molecule has 0 atom stereocenters. The minimum Gasteiger partial charge on any atom is -0.378 e. The van der Waals surface area contributed by atoms with Gasteiger partial charge in [0.2, 0.25) is 0 Å². The fourth-order valence-electron chi connectivity index (χ4n) is 3.66. The number of benzene rings is 1. The maximum absolute atomic E-state index is 12.6. The Hall–Kier alpha value is -3.43. The second kappa shape index (κ2) is 8.37. The molecular formula is C22H22N6O2S. The van der Waals surface area contributed by atoms with Gasteiger partial charge < -0.3 is 25.3 Å². The Bertz CT molecular complexity index is 1260. The summed E-state index contributed by atoms with van der Waals surface area (Å²) in [6, 6.07) is 11.9. The highest BCUT2D eigenvalue weighted by molar-refractivity contribution is 7.14. The number of hydrogen-bond acceptors (Lipinski definition) is 8. The molecule has 9 heteroatoms. The fourth-order valence-corrected chi connectivity index (χ4v) is 4.32. The topological polar surface area (TPSA) is 95.2 Å². The van der Waals surface area contributed by atoms with Crippen LogP contribution in [0.25, 0.3) is 22.2 Å². The Morgan fingerprint density at radius 1 is 1.10 bits per heavy atom. The van der Waals surface area contributed by atoms with E-state index >= 15 is 0 Å². The number of aromatic amines is 1. The van der Waals surface area contributed by atoms with Crippen molar-refractivity contribution in [3.8, 4) is 11.4 Å². The van der Waals surface area contributed by atoms with E-state index in [0.717, 1.165) is 53.9 Å². The number of thiazole rings is 1. The van der Waals surface area contributed by atoms with Crippen molar-refractivity contribution in [2.24, 2.45) is 0 Å². The molecule has 31 heavy (non-hydrogen) atoms. The van der Waals surface area contributed by atoms with E-state index in [0.29, 0.717) is 16.9 Å². The molecule has 1 aromatic carbocycles. The summed E-state index contributed by atoms with van der Waals surface area (Å²) in [6.45, 7) is 3.27. The van der Waals surface area contributed by atoms with Crippen molar-refractivity contribution in [2.75, 3.05) is 48.9 Å². The molecule has 8 nitrogen and oxygen atoms in total. The lowest BCUT2D eigenvalue weighted by molar-refractivity contribution is 0.122. The van der Waals surface area contributed by atoms with Crippen molar-refractivity contribution < 1.29 is 4.74 Å². The van der Waals surface area contributed by atoms with E-state index in [1.54, 1.807) is 6.20 Å². The van der Waals surface area contributed by atoms with E-state index in [1.807, 2.05) is 36.7 Å². The van der Waals surface area contributed by atoms with Gasteiger partial charge in [-0.3, -0.25) is 4.79 Å². The van der Waals surface area contributed by atoms with E-state index < -0.39 is 0 Å². The summed E-state index contributed by atoms with van der Waals surface area (Å²) in [7, 11) is 1.84. The third kappa shape index (κ3) is 3.97. The summed E-state index contributed by atoms with van der Waals surface area (Å²) in [5.41, 5.74) is 3.31. The van der Waals surface area contributed by atoms with Crippen LogP contribution in [0, 0.1) is 0 Å². The SMILES string of the molecule is CNc1nc(-c2cc3cc[nH]c(=O)c3c(Nc3ccc(N4CCOCC4)cc3)n2)cs1. The van der Waals surface area contributed by atoms with Crippen molar-refractivity contribution in [3.05, 3.63) is 58.3 Å². The molecule has 4 heterocycles. The fraction of sp³-hybridized carbons (Fsp3) is 0.227. The van der Waals surface area contributed by atoms with Gasteiger partial charge in [-0.25, -0.2) is 9.97 Å². The number of morpholine rings is 1. The number of aromatic nitrogens is 3. The molecule has 158 valence electrons. The van der Waals surface area contributed by atoms with Crippen LogP contribution in [-0.2, 0) is 4.74 Å². The van der Waals surface area contributed by atoms with E-state index in [1.165, 1.54) is 11.3 Å². The zero-order valence-electron chi connectivity index (χ0n) is 17.0. The minimum atomic E-state index is -0.182. The summed E-state index contributed by atoms with van der Waals surface area (Å²) >= 11 is 1.51. The second-order valence-corrected chi connectivity index (χ2v) is 8.04. The highest BCUT2D eigenvalue weighted by Gasteiger charge is 2.14. The Balaban J connectivity index is 1.51.